The maximum atomic E-state index is 10.6. The Balaban J connectivity index is 2.11. The Bertz CT molecular complexity index is 499. The van der Waals surface area contributed by atoms with Gasteiger partial charge in [-0.05, 0) is 5.56 Å². The van der Waals surface area contributed by atoms with E-state index in [-0.39, 0.29) is 5.69 Å². The average molecular weight is 249 g/mol. The van der Waals surface area contributed by atoms with Crippen LogP contribution in [0.15, 0.2) is 34.3 Å². The first kappa shape index (κ1) is 11.8. The van der Waals surface area contributed by atoms with E-state index in [4.69, 9.17) is 0 Å². The zero-order valence-electron chi connectivity index (χ0n) is 9.24. The zero-order chi connectivity index (χ0) is 12.3. The molecule has 1 aromatic rings. The van der Waals surface area contributed by atoms with Crippen LogP contribution in [0.2, 0.25) is 0 Å². The second kappa shape index (κ2) is 5.09. The van der Waals surface area contributed by atoms with Gasteiger partial charge in [0, 0.05) is 23.6 Å². The highest BCUT2D eigenvalue weighted by Crippen LogP contribution is 2.21. The van der Waals surface area contributed by atoms with Crippen LogP contribution in [-0.2, 0) is 0 Å². The van der Waals surface area contributed by atoms with Crippen LogP contribution in [0.5, 0.6) is 0 Å². The Morgan fingerprint density at radius 3 is 3.12 bits per heavy atom. The maximum absolute atomic E-state index is 10.6. The van der Waals surface area contributed by atoms with Crippen LogP contribution < -0.4 is 0 Å². The van der Waals surface area contributed by atoms with Crippen molar-refractivity contribution in [1.29, 1.82) is 0 Å². The summed E-state index contributed by atoms with van der Waals surface area (Å²) in [5, 5.41) is 11.8. The van der Waals surface area contributed by atoms with Gasteiger partial charge in [0.25, 0.3) is 5.69 Å². The van der Waals surface area contributed by atoms with Crippen molar-refractivity contribution in [3.8, 4) is 0 Å². The summed E-state index contributed by atoms with van der Waals surface area (Å²) in [5.74, 6) is 0. The zero-order valence-corrected chi connectivity index (χ0v) is 10.1. The van der Waals surface area contributed by atoms with Crippen molar-refractivity contribution in [3.63, 3.8) is 0 Å². The van der Waals surface area contributed by atoms with Gasteiger partial charge in [0.15, 0.2) is 5.17 Å². The van der Waals surface area contributed by atoms with Crippen LogP contribution in [0.3, 0.4) is 0 Å². The van der Waals surface area contributed by atoms with Gasteiger partial charge in [-0.3, -0.25) is 15.1 Å². The van der Waals surface area contributed by atoms with Gasteiger partial charge >= 0.3 is 0 Å². The van der Waals surface area contributed by atoms with Gasteiger partial charge in [-0.25, -0.2) is 4.99 Å². The lowest BCUT2D eigenvalue weighted by Gasteiger charge is -1.95. The van der Waals surface area contributed by atoms with Crippen LogP contribution in [0, 0.1) is 10.1 Å². The molecule has 1 aliphatic heterocycles. The molecule has 88 valence electrons. The molecule has 0 saturated heterocycles. The molecule has 5 nitrogen and oxygen atoms in total. The van der Waals surface area contributed by atoms with E-state index in [9.17, 15) is 10.1 Å². The summed E-state index contributed by atoms with van der Waals surface area (Å²) in [6.45, 7) is 2.87. The summed E-state index contributed by atoms with van der Waals surface area (Å²) in [5.41, 5.74) is 0.783. The lowest BCUT2D eigenvalue weighted by Crippen LogP contribution is -1.93. The molecule has 0 aromatic heterocycles. The fourth-order valence-corrected chi connectivity index (χ4v) is 2.15. The van der Waals surface area contributed by atoms with Crippen LogP contribution in [0.25, 0.3) is 0 Å². The van der Waals surface area contributed by atoms with E-state index in [2.05, 4.69) is 16.9 Å². The summed E-state index contributed by atoms with van der Waals surface area (Å²) in [6.07, 6.45) is 1.61. The molecule has 1 atom stereocenters. The number of hydrogen-bond donors (Lipinski definition) is 0. The number of hydrogen-bond acceptors (Lipinski definition) is 5. The molecule has 0 amide bonds. The van der Waals surface area contributed by atoms with Gasteiger partial charge in [-0.1, -0.05) is 30.8 Å². The molecule has 17 heavy (non-hydrogen) atoms. The summed E-state index contributed by atoms with van der Waals surface area (Å²) in [6, 6.07) is 6.38. The number of amidine groups is 1. The largest absolute Gasteiger partial charge is 0.270 e. The number of rotatable bonds is 2. The maximum Gasteiger partial charge on any atom is 0.270 e. The van der Waals surface area contributed by atoms with Crippen LogP contribution >= 0.6 is 11.8 Å². The first-order valence-electron chi connectivity index (χ1n) is 5.15. The minimum Gasteiger partial charge on any atom is -0.260 e. The van der Waals surface area contributed by atoms with Crippen LogP contribution in [0.4, 0.5) is 5.69 Å². The molecule has 0 radical (unpaired) electrons. The normalized spacial score (nSPS) is 19.6. The van der Waals surface area contributed by atoms with Crippen LogP contribution in [-0.4, -0.2) is 28.1 Å². The summed E-state index contributed by atoms with van der Waals surface area (Å²) in [7, 11) is 0. The predicted molar refractivity (Wildman–Crippen MR) is 70.0 cm³/mol. The molecular formula is C11H11N3O2S. The molecule has 2 rings (SSSR count). The fourth-order valence-electron chi connectivity index (χ4n) is 1.38. The van der Waals surface area contributed by atoms with Crippen molar-refractivity contribution in [2.75, 3.05) is 6.54 Å². The fraction of sp³-hybridized carbons (Fsp3) is 0.273. The molecule has 6 heteroatoms. The molecule has 1 aliphatic rings. The number of non-ortho nitro benzene ring substituents is 1. The minimum atomic E-state index is -0.415. The number of benzene rings is 1. The molecule has 0 N–H and O–H groups in total. The highest BCUT2D eigenvalue weighted by atomic mass is 32.2. The topological polar surface area (TPSA) is 67.9 Å². The highest BCUT2D eigenvalue weighted by Gasteiger charge is 2.13. The minimum absolute atomic E-state index is 0.0725. The first-order valence-corrected chi connectivity index (χ1v) is 6.03. The summed E-state index contributed by atoms with van der Waals surface area (Å²) < 4.78 is 0. The molecule has 0 spiro atoms. The number of thioether (sulfide) groups is 1. The smallest absolute Gasteiger partial charge is 0.260 e. The molecule has 0 aliphatic carbocycles. The second-order valence-electron chi connectivity index (χ2n) is 3.66. The molecule has 1 aromatic carbocycles. The predicted octanol–water partition coefficient (Wildman–Crippen LogP) is 2.51. The van der Waals surface area contributed by atoms with E-state index in [1.54, 1.807) is 30.1 Å². The monoisotopic (exact) mass is 249 g/mol. The summed E-state index contributed by atoms with van der Waals surface area (Å²) in [4.78, 5) is 18.6. The van der Waals surface area contributed by atoms with Gasteiger partial charge < -0.3 is 0 Å². The Morgan fingerprint density at radius 1 is 1.65 bits per heavy atom. The number of aliphatic imine (C=N–C) groups is 2. The van der Waals surface area contributed by atoms with Crippen molar-refractivity contribution in [3.05, 3.63) is 39.9 Å². The van der Waals surface area contributed by atoms with Gasteiger partial charge in [-0.2, -0.15) is 0 Å². The first-order chi connectivity index (χ1) is 8.15. The van der Waals surface area contributed by atoms with E-state index in [0.717, 1.165) is 11.7 Å². The van der Waals surface area contributed by atoms with Crippen molar-refractivity contribution < 1.29 is 4.92 Å². The van der Waals surface area contributed by atoms with E-state index in [1.165, 1.54) is 12.1 Å². The van der Waals surface area contributed by atoms with Gasteiger partial charge in [-0.15, -0.1) is 0 Å². The molecule has 0 bridgehead atoms. The molecule has 0 saturated carbocycles. The SMILES string of the molecule is CC1CN=C(/N=C/c2cccc([N+](=O)[O-])c2)S1. The third kappa shape index (κ3) is 3.13. The Hall–Kier alpha value is -1.69. The number of nitrogens with zero attached hydrogens (tertiary/aromatic N) is 3. The Kier molecular flexibility index (Phi) is 3.53. The van der Waals surface area contributed by atoms with Crippen molar-refractivity contribution in [2.45, 2.75) is 12.2 Å². The van der Waals surface area contributed by atoms with E-state index in [1.807, 2.05) is 0 Å². The van der Waals surface area contributed by atoms with Gasteiger partial charge in [0.2, 0.25) is 0 Å². The highest BCUT2D eigenvalue weighted by molar-refractivity contribution is 8.14. The number of nitro groups is 1. The third-order valence-corrected chi connectivity index (χ3v) is 3.19. The van der Waals surface area contributed by atoms with Crippen molar-refractivity contribution >= 4 is 28.8 Å². The summed E-state index contributed by atoms with van der Waals surface area (Å²) >= 11 is 1.61. The van der Waals surface area contributed by atoms with Crippen molar-refractivity contribution in [1.82, 2.24) is 0 Å². The van der Waals surface area contributed by atoms with Crippen LogP contribution in [0.1, 0.15) is 12.5 Å². The van der Waals surface area contributed by atoms with Crippen molar-refractivity contribution in [2.24, 2.45) is 9.98 Å². The van der Waals surface area contributed by atoms with E-state index in [0.29, 0.717) is 10.8 Å². The van der Waals surface area contributed by atoms with E-state index >= 15 is 0 Å². The average Bonchev–Trinajstić information content (AvgIpc) is 2.73. The molecule has 1 unspecified atom stereocenters. The molecule has 0 fully saturated rings. The Morgan fingerprint density at radius 2 is 2.47 bits per heavy atom. The van der Waals surface area contributed by atoms with Gasteiger partial charge in [0.05, 0.1) is 11.5 Å². The molecule has 1 heterocycles. The second-order valence-corrected chi connectivity index (χ2v) is 5.07. The Labute approximate surface area is 103 Å². The lowest BCUT2D eigenvalue weighted by molar-refractivity contribution is -0.384. The number of nitro benzene ring substituents is 1. The standard InChI is InChI=1S/C11H11N3O2S/c1-8-6-12-11(17-8)13-7-9-3-2-4-10(5-9)14(15)16/h2-5,7-8H,6H2,1H3/b13-7+. The third-order valence-electron chi connectivity index (χ3n) is 2.20. The molecular weight excluding hydrogens is 238 g/mol. The lowest BCUT2D eigenvalue weighted by atomic mass is 10.2. The van der Waals surface area contributed by atoms with E-state index < -0.39 is 4.92 Å². The quantitative estimate of drug-likeness (QED) is 0.459. The van der Waals surface area contributed by atoms with Gasteiger partial charge in [0.1, 0.15) is 0 Å².